The molecule has 0 aromatic rings. The van der Waals surface area contributed by atoms with Gasteiger partial charge in [-0.2, -0.15) is 0 Å². The maximum atomic E-state index is 11.8. The van der Waals surface area contributed by atoms with Crippen LogP contribution >= 0.6 is 12.4 Å². The summed E-state index contributed by atoms with van der Waals surface area (Å²) in [7, 11) is -3.11. The van der Waals surface area contributed by atoms with E-state index in [1.807, 2.05) is 0 Å². The first-order chi connectivity index (χ1) is 8.16. The molecule has 0 saturated carbocycles. The van der Waals surface area contributed by atoms with Gasteiger partial charge in [0.15, 0.2) is 0 Å². The van der Waals surface area contributed by atoms with E-state index >= 15 is 0 Å². The Hall–Kier alpha value is 0.120. The molecular formula is C11H23ClN2O3S. The molecule has 0 spiro atoms. The predicted molar refractivity (Wildman–Crippen MR) is 73.6 cm³/mol. The fourth-order valence-corrected chi connectivity index (χ4v) is 3.89. The monoisotopic (exact) mass is 298 g/mol. The summed E-state index contributed by atoms with van der Waals surface area (Å²) in [4.78, 5) is 0. The van der Waals surface area contributed by atoms with E-state index in [1.165, 1.54) is 0 Å². The number of hydrogen-bond donors (Lipinski definition) is 2. The highest BCUT2D eigenvalue weighted by Crippen LogP contribution is 2.15. The predicted octanol–water partition coefficient (Wildman–Crippen LogP) is 0.364. The quantitative estimate of drug-likeness (QED) is 0.743. The van der Waals surface area contributed by atoms with E-state index < -0.39 is 10.0 Å². The van der Waals surface area contributed by atoms with Gasteiger partial charge >= 0.3 is 0 Å². The van der Waals surface area contributed by atoms with Crippen LogP contribution in [0.1, 0.15) is 19.3 Å². The Bertz CT molecular complexity index is 325. The zero-order chi connectivity index (χ0) is 12.1. The molecule has 0 radical (unpaired) electrons. The summed E-state index contributed by atoms with van der Waals surface area (Å²) in [5.74, 6) is 1.03. The van der Waals surface area contributed by atoms with E-state index in [2.05, 4.69) is 10.0 Å². The number of ether oxygens (including phenoxy) is 1. The van der Waals surface area contributed by atoms with Gasteiger partial charge in [-0.1, -0.05) is 0 Å². The molecule has 5 nitrogen and oxygen atoms in total. The van der Waals surface area contributed by atoms with Crippen LogP contribution in [-0.4, -0.2) is 47.0 Å². The van der Waals surface area contributed by atoms with E-state index in [-0.39, 0.29) is 24.1 Å². The number of nitrogens with one attached hydrogen (secondary N) is 2. The molecule has 2 unspecified atom stereocenters. The third kappa shape index (κ3) is 5.40. The van der Waals surface area contributed by atoms with Crippen LogP contribution in [-0.2, 0) is 14.8 Å². The average Bonchev–Trinajstić information content (AvgIpc) is 2.89. The Balaban J connectivity index is 0.00000162. The van der Waals surface area contributed by atoms with E-state index in [0.29, 0.717) is 25.7 Å². The van der Waals surface area contributed by atoms with Crippen molar-refractivity contribution in [3.8, 4) is 0 Å². The molecule has 0 aromatic carbocycles. The summed E-state index contributed by atoms with van der Waals surface area (Å²) < 4.78 is 31.4. The molecule has 7 heteroatoms. The molecular weight excluding hydrogens is 276 g/mol. The van der Waals surface area contributed by atoms with Crippen molar-refractivity contribution in [2.24, 2.45) is 11.8 Å². The standard InChI is InChI=1S/C11H22N2O3S.ClH/c14-17(15,9-11-3-6-16-8-11)13-5-2-10-1-4-12-7-10;/h10-13H,1-9H2;1H. The van der Waals surface area contributed by atoms with Gasteiger partial charge in [-0.05, 0) is 44.2 Å². The van der Waals surface area contributed by atoms with Crippen molar-refractivity contribution >= 4 is 22.4 Å². The Morgan fingerprint density at radius 3 is 2.72 bits per heavy atom. The minimum atomic E-state index is -3.11. The Kier molecular flexibility index (Phi) is 6.87. The lowest BCUT2D eigenvalue weighted by Gasteiger charge is -2.12. The van der Waals surface area contributed by atoms with E-state index in [1.54, 1.807) is 0 Å². The van der Waals surface area contributed by atoms with Gasteiger partial charge < -0.3 is 10.1 Å². The molecule has 2 heterocycles. The Morgan fingerprint density at radius 2 is 2.11 bits per heavy atom. The summed E-state index contributed by atoms with van der Waals surface area (Å²) in [6, 6.07) is 0. The lowest BCUT2D eigenvalue weighted by atomic mass is 10.1. The van der Waals surface area contributed by atoms with Crippen LogP contribution in [0.5, 0.6) is 0 Å². The van der Waals surface area contributed by atoms with Gasteiger partial charge in [0.05, 0.1) is 12.4 Å². The zero-order valence-corrected chi connectivity index (χ0v) is 12.2. The number of sulfonamides is 1. The minimum absolute atomic E-state index is 0. The molecule has 108 valence electrons. The molecule has 0 aliphatic carbocycles. The first-order valence-electron chi connectivity index (χ1n) is 6.41. The largest absolute Gasteiger partial charge is 0.381 e. The third-order valence-corrected chi connectivity index (χ3v) is 5.07. The van der Waals surface area contributed by atoms with Crippen molar-refractivity contribution in [3.05, 3.63) is 0 Å². The van der Waals surface area contributed by atoms with Crippen LogP contribution in [0, 0.1) is 11.8 Å². The Morgan fingerprint density at radius 1 is 1.28 bits per heavy atom. The number of rotatable bonds is 6. The molecule has 2 N–H and O–H groups in total. The van der Waals surface area contributed by atoms with E-state index in [4.69, 9.17) is 4.74 Å². The van der Waals surface area contributed by atoms with Crippen LogP contribution in [0.3, 0.4) is 0 Å². The van der Waals surface area contributed by atoms with E-state index in [0.717, 1.165) is 32.4 Å². The van der Waals surface area contributed by atoms with Crippen molar-refractivity contribution < 1.29 is 13.2 Å². The van der Waals surface area contributed by atoms with Crippen molar-refractivity contribution in [3.63, 3.8) is 0 Å². The van der Waals surface area contributed by atoms with E-state index in [9.17, 15) is 8.42 Å². The summed E-state index contributed by atoms with van der Waals surface area (Å²) in [5.41, 5.74) is 0. The average molecular weight is 299 g/mol. The highest BCUT2D eigenvalue weighted by molar-refractivity contribution is 7.89. The molecule has 2 rings (SSSR count). The van der Waals surface area contributed by atoms with Crippen molar-refractivity contribution in [2.75, 3.05) is 38.6 Å². The van der Waals surface area contributed by atoms with Gasteiger partial charge in [0.1, 0.15) is 0 Å². The van der Waals surface area contributed by atoms with Gasteiger partial charge in [0.2, 0.25) is 10.0 Å². The third-order valence-electron chi connectivity index (χ3n) is 3.52. The second kappa shape index (κ2) is 7.65. The zero-order valence-electron chi connectivity index (χ0n) is 10.6. The SMILES string of the molecule is Cl.O=S(=O)(CC1CCOC1)NCCC1CCNC1. The molecule has 2 aliphatic heterocycles. The van der Waals surface area contributed by atoms with Gasteiger partial charge in [0, 0.05) is 13.2 Å². The van der Waals surface area contributed by atoms with Crippen molar-refractivity contribution in [1.82, 2.24) is 10.0 Å². The molecule has 2 saturated heterocycles. The summed E-state index contributed by atoms with van der Waals surface area (Å²) in [5, 5.41) is 3.28. The van der Waals surface area contributed by atoms with Crippen LogP contribution in [0.4, 0.5) is 0 Å². The second-order valence-corrected chi connectivity index (χ2v) is 6.90. The first-order valence-corrected chi connectivity index (χ1v) is 8.07. The second-order valence-electron chi connectivity index (χ2n) is 5.05. The summed E-state index contributed by atoms with van der Waals surface area (Å²) in [6.07, 6.45) is 2.97. The van der Waals surface area contributed by atoms with Gasteiger partial charge in [-0.25, -0.2) is 13.1 Å². The maximum Gasteiger partial charge on any atom is 0.211 e. The summed E-state index contributed by atoms with van der Waals surface area (Å²) >= 11 is 0. The smallest absolute Gasteiger partial charge is 0.211 e. The molecule has 2 aliphatic rings. The highest BCUT2D eigenvalue weighted by atomic mass is 35.5. The molecule has 18 heavy (non-hydrogen) atoms. The Labute approximate surface area is 116 Å². The minimum Gasteiger partial charge on any atom is -0.381 e. The highest BCUT2D eigenvalue weighted by Gasteiger charge is 2.23. The fourth-order valence-electron chi connectivity index (χ4n) is 2.46. The normalized spacial score (nSPS) is 28.2. The van der Waals surface area contributed by atoms with Gasteiger partial charge in [0.25, 0.3) is 0 Å². The van der Waals surface area contributed by atoms with Crippen LogP contribution < -0.4 is 10.0 Å². The molecule has 0 bridgehead atoms. The lowest BCUT2D eigenvalue weighted by molar-refractivity contribution is 0.188. The van der Waals surface area contributed by atoms with Crippen LogP contribution in [0.2, 0.25) is 0 Å². The fraction of sp³-hybridized carbons (Fsp3) is 1.00. The first kappa shape index (κ1) is 16.2. The number of hydrogen-bond acceptors (Lipinski definition) is 4. The summed E-state index contributed by atoms with van der Waals surface area (Å²) in [6.45, 7) is 3.96. The van der Waals surface area contributed by atoms with Gasteiger partial charge in [-0.15, -0.1) is 12.4 Å². The van der Waals surface area contributed by atoms with Gasteiger partial charge in [-0.3, -0.25) is 0 Å². The lowest BCUT2D eigenvalue weighted by Crippen LogP contribution is -2.31. The molecule has 0 aromatic heterocycles. The molecule has 2 fully saturated rings. The molecule has 0 amide bonds. The topological polar surface area (TPSA) is 67.4 Å². The van der Waals surface area contributed by atoms with Crippen molar-refractivity contribution in [1.29, 1.82) is 0 Å². The maximum absolute atomic E-state index is 11.8. The van der Waals surface area contributed by atoms with Crippen LogP contribution in [0.15, 0.2) is 0 Å². The molecule has 2 atom stereocenters. The van der Waals surface area contributed by atoms with Crippen LogP contribution in [0.25, 0.3) is 0 Å². The van der Waals surface area contributed by atoms with Crippen molar-refractivity contribution in [2.45, 2.75) is 19.3 Å². The number of halogens is 1.